The molecular weight excluding hydrogens is 256 g/mol. The second-order valence-corrected chi connectivity index (χ2v) is 4.49. The van der Waals surface area contributed by atoms with Crippen molar-refractivity contribution in [3.63, 3.8) is 0 Å². The summed E-state index contributed by atoms with van der Waals surface area (Å²) in [5, 5.41) is 9.76. The van der Waals surface area contributed by atoms with Gasteiger partial charge in [-0.2, -0.15) is 0 Å². The zero-order chi connectivity index (χ0) is 14.8. The molecule has 0 saturated heterocycles. The maximum absolute atomic E-state index is 9.76. The number of rotatable bonds is 5. The van der Waals surface area contributed by atoms with E-state index in [1.807, 2.05) is 78.9 Å². The Morgan fingerprint density at radius 3 is 1.90 bits per heavy atom. The monoisotopic (exact) mass is 274 g/mol. The molecule has 0 aliphatic rings. The lowest BCUT2D eigenvalue weighted by Gasteiger charge is -1.92. The third kappa shape index (κ3) is 5.79. The number of hydrogen-bond donors (Lipinski definition) is 1. The van der Waals surface area contributed by atoms with E-state index in [1.54, 1.807) is 12.2 Å². The molecule has 0 atom stereocenters. The zero-order valence-electron chi connectivity index (χ0n) is 11.8. The minimum atomic E-state index is 0.234. The van der Waals surface area contributed by atoms with Crippen LogP contribution in [-0.2, 0) is 0 Å². The highest BCUT2D eigenvalue weighted by molar-refractivity contribution is 5.53. The van der Waals surface area contributed by atoms with Crippen molar-refractivity contribution in [2.75, 3.05) is 0 Å². The van der Waals surface area contributed by atoms with Crippen molar-refractivity contribution in [1.29, 1.82) is 0 Å². The zero-order valence-corrected chi connectivity index (χ0v) is 11.8. The van der Waals surface area contributed by atoms with Crippen LogP contribution < -0.4 is 0 Å². The molecule has 0 aromatic heterocycles. The molecule has 0 fully saturated rings. The average Bonchev–Trinajstić information content (AvgIpc) is 2.53. The highest BCUT2D eigenvalue weighted by Crippen LogP contribution is 2.05. The highest BCUT2D eigenvalue weighted by atomic mass is 16.3. The van der Waals surface area contributed by atoms with Crippen LogP contribution in [0.1, 0.15) is 11.1 Å². The first-order chi connectivity index (χ1) is 10.3. The van der Waals surface area contributed by atoms with Gasteiger partial charge in [0.15, 0.2) is 0 Å². The summed E-state index contributed by atoms with van der Waals surface area (Å²) in [5.41, 5.74) is 2.14. The largest absolute Gasteiger partial charge is 0.508 e. The molecular formula is C20H18O. The molecule has 0 aliphatic heterocycles. The van der Waals surface area contributed by atoms with Crippen LogP contribution in [0.25, 0.3) is 12.2 Å². The van der Waals surface area contributed by atoms with E-state index in [0.717, 1.165) is 11.1 Å². The van der Waals surface area contributed by atoms with Gasteiger partial charge in [0.1, 0.15) is 5.76 Å². The Morgan fingerprint density at radius 1 is 0.667 bits per heavy atom. The van der Waals surface area contributed by atoms with Crippen molar-refractivity contribution < 1.29 is 5.11 Å². The first-order valence-corrected chi connectivity index (χ1v) is 6.87. The summed E-state index contributed by atoms with van der Waals surface area (Å²) in [5.74, 6) is 0.234. The molecule has 1 N–H and O–H groups in total. The Labute approximate surface area is 125 Å². The molecule has 1 heteroatoms. The molecule has 0 amide bonds. The Balaban J connectivity index is 1.86. The van der Waals surface area contributed by atoms with Gasteiger partial charge in [0.25, 0.3) is 0 Å². The van der Waals surface area contributed by atoms with Crippen molar-refractivity contribution in [1.82, 2.24) is 0 Å². The fourth-order valence-corrected chi connectivity index (χ4v) is 1.78. The van der Waals surface area contributed by atoms with E-state index >= 15 is 0 Å². The Hall–Kier alpha value is -2.80. The minimum absolute atomic E-state index is 0.234. The Bertz CT molecular complexity index is 647. The number of aliphatic hydroxyl groups is 1. The van der Waals surface area contributed by atoms with Gasteiger partial charge in [-0.1, -0.05) is 91.0 Å². The second kappa shape index (κ2) is 8.39. The maximum atomic E-state index is 9.76. The van der Waals surface area contributed by atoms with Gasteiger partial charge in [0.05, 0.1) is 0 Å². The van der Waals surface area contributed by atoms with Crippen molar-refractivity contribution in [2.45, 2.75) is 0 Å². The summed E-state index contributed by atoms with van der Waals surface area (Å²) in [4.78, 5) is 0. The third-order valence-corrected chi connectivity index (χ3v) is 2.80. The van der Waals surface area contributed by atoms with Crippen LogP contribution in [-0.4, -0.2) is 5.11 Å². The molecule has 2 aromatic carbocycles. The lowest BCUT2D eigenvalue weighted by Crippen LogP contribution is -1.75. The predicted molar refractivity (Wildman–Crippen MR) is 90.8 cm³/mol. The van der Waals surface area contributed by atoms with Gasteiger partial charge in [-0.3, -0.25) is 0 Å². The Morgan fingerprint density at radius 2 is 1.24 bits per heavy atom. The molecule has 104 valence electrons. The number of allylic oxidation sites excluding steroid dienone is 5. The third-order valence-electron chi connectivity index (χ3n) is 2.80. The summed E-state index contributed by atoms with van der Waals surface area (Å²) in [6.07, 6.45) is 13.0. The molecule has 2 rings (SSSR count). The molecule has 0 spiro atoms. The smallest absolute Gasteiger partial charge is 0.116 e. The molecule has 0 aliphatic carbocycles. The van der Waals surface area contributed by atoms with E-state index in [-0.39, 0.29) is 5.76 Å². The van der Waals surface area contributed by atoms with Crippen LogP contribution >= 0.6 is 0 Å². The van der Waals surface area contributed by atoms with Crippen molar-refractivity contribution >= 4 is 12.2 Å². The summed E-state index contributed by atoms with van der Waals surface area (Å²) in [6, 6.07) is 19.8. The van der Waals surface area contributed by atoms with Crippen LogP contribution in [0.2, 0.25) is 0 Å². The molecule has 0 bridgehead atoms. The first kappa shape index (κ1) is 14.6. The first-order valence-electron chi connectivity index (χ1n) is 6.87. The summed E-state index contributed by atoms with van der Waals surface area (Å²) < 4.78 is 0. The van der Waals surface area contributed by atoms with Crippen molar-refractivity contribution in [3.8, 4) is 0 Å². The van der Waals surface area contributed by atoms with Crippen LogP contribution in [0.3, 0.4) is 0 Å². The van der Waals surface area contributed by atoms with E-state index < -0.39 is 0 Å². The molecule has 21 heavy (non-hydrogen) atoms. The van der Waals surface area contributed by atoms with Gasteiger partial charge >= 0.3 is 0 Å². The van der Waals surface area contributed by atoms with Gasteiger partial charge < -0.3 is 5.11 Å². The van der Waals surface area contributed by atoms with Crippen LogP contribution in [0, 0.1) is 0 Å². The van der Waals surface area contributed by atoms with Crippen molar-refractivity contribution in [2.24, 2.45) is 0 Å². The normalized spacial score (nSPS) is 12.7. The molecule has 2 aromatic rings. The average molecular weight is 274 g/mol. The van der Waals surface area contributed by atoms with E-state index in [2.05, 4.69) is 12.1 Å². The summed E-state index contributed by atoms with van der Waals surface area (Å²) in [7, 11) is 0. The Kier molecular flexibility index (Phi) is 5.83. The lowest BCUT2D eigenvalue weighted by atomic mass is 10.2. The molecule has 1 nitrogen and oxygen atoms in total. The maximum Gasteiger partial charge on any atom is 0.116 e. The van der Waals surface area contributed by atoms with E-state index in [4.69, 9.17) is 0 Å². The van der Waals surface area contributed by atoms with Crippen molar-refractivity contribution in [3.05, 3.63) is 108 Å². The minimum Gasteiger partial charge on any atom is -0.508 e. The van der Waals surface area contributed by atoms with E-state index in [9.17, 15) is 5.11 Å². The standard InChI is InChI=1S/C20H18O/c21-20(17-19-14-8-4-9-15-19)16-10-2-1-5-11-18-12-6-3-7-13-18/h1-17,21H. The van der Waals surface area contributed by atoms with E-state index in [1.165, 1.54) is 0 Å². The van der Waals surface area contributed by atoms with Crippen LogP contribution in [0.5, 0.6) is 0 Å². The lowest BCUT2D eigenvalue weighted by molar-refractivity contribution is 0.437. The SMILES string of the molecule is OC(C=CC=CC=Cc1ccccc1)=Cc1ccccc1. The van der Waals surface area contributed by atoms with Crippen LogP contribution in [0.4, 0.5) is 0 Å². The molecule has 0 unspecified atom stereocenters. The van der Waals surface area contributed by atoms with Crippen LogP contribution in [0.15, 0.2) is 96.8 Å². The van der Waals surface area contributed by atoms with Gasteiger partial charge in [-0.25, -0.2) is 0 Å². The van der Waals surface area contributed by atoms with Gasteiger partial charge in [0, 0.05) is 0 Å². The molecule has 0 radical (unpaired) electrons. The van der Waals surface area contributed by atoms with Gasteiger partial charge in [0.2, 0.25) is 0 Å². The fraction of sp³-hybridized carbons (Fsp3) is 0. The number of hydrogen-bond acceptors (Lipinski definition) is 1. The van der Waals surface area contributed by atoms with E-state index in [0.29, 0.717) is 0 Å². The number of benzene rings is 2. The number of aliphatic hydroxyl groups excluding tert-OH is 1. The summed E-state index contributed by atoms with van der Waals surface area (Å²) >= 11 is 0. The quantitative estimate of drug-likeness (QED) is 0.571. The predicted octanol–water partition coefficient (Wildman–Crippen LogP) is 5.41. The molecule has 0 saturated carbocycles. The fourth-order valence-electron chi connectivity index (χ4n) is 1.78. The van der Waals surface area contributed by atoms with Gasteiger partial charge in [-0.05, 0) is 23.3 Å². The van der Waals surface area contributed by atoms with Gasteiger partial charge in [-0.15, -0.1) is 0 Å². The highest BCUT2D eigenvalue weighted by Gasteiger charge is 1.87. The second-order valence-electron chi connectivity index (χ2n) is 4.49. The molecule has 0 heterocycles. The summed E-state index contributed by atoms with van der Waals surface area (Å²) in [6.45, 7) is 0. The topological polar surface area (TPSA) is 20.2 Å².